The minimum absolute atomic E-state index is 0.324. The molecular weight excluding hydrogens is 246 g/mol. The van der Waals surface area contributed by atoms with E-state index in [4.69, 9.17) is 5.26 Å². The van der Waals surface area contributed by atoms with Gasteiger partial charge in [0.15, 0.2) is 0 Å². The van der Waals surface area contributed by atoms with Crippen LogP contribution < -0.4 is 5.32 Å². The lowest BCUT2D eigenvalue weighted by molar-refractivity contribution is 0.0984. The minimum atomic E-state index is 0.324. The van der Waals surface area contributed by atoms with Gasteiger partial charge >= 0.3 is 0 Å². The molecule has 0 bridgehead atoms. The first kappa shape index (κ1) is 15.0. The Morgan fingerprint density at radius 2 is 1.80 bits per heavy atom. The highest BCUT2D eigenvalue weighted by Gasteiger charge is 2.33. The normalized spacial score (nSPS) is 17.9. The van der Waals surface area contributed by atoms with Crippen molar-refractivity contribution in [1.82, 2.24) is 10.2 Å². The van der Waals surface area contributed by atoms with E-state index in [-0.39, 0.29) is 0 Å². The van der Waals surface area contributed by atoms with Crippen LogP contribution in [0.4, 0.5) is 0 Å². The van der Waals surface area contributed by atoms with Gasteiger partial charge in [-0.1, -0.05) is 31.4 Å². The molecule has 0 unspecified atom stereocenters. The van der Waals surface area contributed by atoms with Gasteiger partial charge in [0.2, 0.25) is 0 Å². The summed E-state index contributed by atoms with van der Waals surface area (Å²) in [5.41, 5.74) is 2.30. The maximum atomic E-state index is 8.80. The first-order valence-electron chi connectivity index (χ1n) is 7.53. The van der Waals surface area contributed by atoms with E-state index in [1.807, 2.05) is 24.3 Å². The van der Waals surface area contributed by atoms with Gasteiger partial charge in [-0.05, 0) is 44.6 Å². The van der Waals surface area contributed by atoms with Crippen molar-refractivity contribution in [2.24, 2.45) is 0 Å². The van der Waals surface area contributed by atoms with Gasteiger partial charge in [0, 0.05) is 18.6 Å². The van der Waals surface area contributed by atoms with Crippen molar-refractivity contribution in [1.29, 1.82) is 5.26 Å². The molecule has 1 aliphatic rings. The van der Waals surface area contributed by atoms with E-state index in [1.165, 1.54) is 37.7 Å². The molecule has 1 saturated carbocycles. The maximum absolute atomic E-state index is 8.80. The van der Waals surface area contributed by atoms with Crippen LogP contribution in [0.3, 0.4) is 0 Å². The fraction of sp³-hybridized carbons (Fsp3) is 0.588. The number of hydrogen-bond acceptors (Lipinski definition) is 3. The molecule has 0 spiro atoms. The Morgan fingerprint density at radius 1 is 1.15 bits per heavy atom. The highest BCUT2D eigenvalue weighted by molar-refractivity contribution is 5.31. The fourth-order valence-corrected chi connectivity index (χ4v) is 3.13. The molecule has 0 radical (unpaired) electrons. The largest absolute Gasteiger partial charge is 0.311 e. The lowest BCUT2D eigenvalue weighted by Crippen LogP contribution is -2.52. The molecule has 20 heavy (non-hydrogen) atoms. The molecule has 0 atom stereocenters. The van der Waals surface area contributed by atoms with E-state index in [9.17, 15) is 0 Å². The van der Waals surface area contributed by atoms with Gasteiger partial charge in [0.1, 0.15) is 0 Å². The number of nitrogens with zero attached hydrogens (tertiary/aromatic N) is 2. The summed E-state index contributed by atoms with van der Waals surface area (Å²) in [7, 11) is 4.41. The number of nitrogens with one attached hydrogen (secondary N) is 1. The molecule has 1 aromatic rings. The highest BCUT2D eigenvalue weighted by atomic mass is 15.2. The SMILES string of the molecule is CN(C)C1(CNCc2ccc(C#N)cc2)CCCCC1. The summed E-state index contributed by atoms with van der Waals surface area (Å²) in [5, 5.41) is 12.4. The van der Waals surface area contributed by atoms with Crippen molar-refractivity contribution in [3.63, 3.8) is 0 Å². The average Bonchev–Trinajstić information content (AvgIpc) is 2.49. The third kappa shape index (κ3) is 3.59. The molecule has 0 aromatic heterocycles. The minimum Gasteiger partial charge on any atom is -0.311 e. The monoisotopic (exact) mass is 271 g/mol. The lowest BCUT2D eigenvalue weighted by Gasteiger charge is -2.43. The molecule has 0 aliphatic heterocycles. The van der Waals surface area contributed by atoms with Gasteiger partial charge in [-0.25, -0.2) is 0 Å². The van der Waals surface area contributed by atoms with Crippen LogP contribution >= 0.6 is 0 Å². The van der Waals surface area contributed by atoms with Crippen molar-refractivity contribution in [3.8, 4) is 6.07 Å². The second-order valence-electron chi connectivity index (χ2n) is 6.09. The average molecular weight is 271 g/mol. The van der Waals surface area contributed by atoms with E-state index in [0.29, 0.717) is 5.54 Å². The molecule has 1 aromatic carbocycles. The third-order valence-electron chi connectivity index (χ3n) is 4.60. The summed E-state index contributed by atoms with van der Waals surface area (Å²) in [6.07, 6.45) is 6.65. The predicted molar refractivity (Wildman–Crippen MR) is 82.4 cm³/mol. The number of likely N-dealkylation sites (N-methyl/N-ethyl adjacent to an activating group) is 1. The molecular formula is C17H25N3. The van der Waals surface area contributed by atoms with Crippen LogP contribution in [0.5, 0.6) is 0 Å². The summed E-state index contributed by atoms with van der Waals surface area (Å²) in [5.74, 6) is 0. The van der Waals surface area contributed by atoms with Gasteiger partial charge in [-0.15, -0.1) is 0 Å². The van der Waals surface area contributed by atoms with Gasteiger partial charge in [-0.3, -0.25) is 0 Å². The van der Waals surface area contributed by atoms with E-state index >= 15 is 0 Å². The smallest absolute Gasteiger partial charge is 0.0991 e. The van der Waals surface area contributed by atoms with Crippen LogP contribution in [-0.4, -0.2) is 31.1 Å². The topological polar surface area (TPSA) is 39.1 Å². The summed E-state index contributed by atoms with van der Waals surface area (Å²) >= 11 is 0. The zero-order valence-electron chi connectivity index (χ0n) is 12.7. The van der Waals surface area contributed by atoms with Crippen LogP contribution in [0.1, 0.15) is 43.2 Å². The zero-order chi connectivity index (χ0) is 14.4. The number of hydrogen-bond donors (Lipinski definition) is 1. The summed E-state index contributed by atoms with van der Waals surface area (Å²) in [6, 6.07) is 10.0. The molecule has 1 aliphatic carbocycles. The third-order valence-corrected chi connectivity index (χ3v) is 4.60. The predicted octanol–water partition coefficient (Wildman–Crippen LogP) is 2.91. The zero-order valence-corrected chi connectivity index (χ0v) is 12.7. The quantitative estimate of drug-likeness (QED) is 0.895. The number of benzene rings is 1. The number of nitriles is 1. The molecule has 3 heteroatoms. The highest BCUT2D eigenvalue weighted by Crippen LogP contribution is 2.31. The Morgan fingerprint density at radius 3 is 2.35 bits per heavy atom. The summed E-state index contributed by atoms with van der Waals surface area (Å²) < 4.78 is 0. The standard InChI is InChI=1S/C17H25N3/c1-20(2)17(10-4-3-5-11-17)14-19-13-16-8-6-15(12-18)7-9-16/h6-9,19H,3-5,10-11,13-14H2,1-2H3. The Kier molecular flexibility index (Phi) is 5.17. The van der Waals surface area contributed by atoms with Crippen LogP contribution in [0.2, 0.25) is 0 Å². The first-order valence-corrected chi connectivity index (χ1v) is 7.53. The first-order chi connectivity index (χ1) is 9.66. The van der Waals surface area contributed by atoms with E-state index in [0.717, 1.165) is 18.7 Å². The molecule has 1 N–H and O–H groups in total. The van der Waals surface area contributed by atoms with Gasteiger partial charge in [0.25, 0.3) is 0 Å². The molecule has 0 amide bonds. The van der Waals surface area contributed by atoms with Gasteiger partial charge in [-0.2, -0.15) is 5.26 Å². The van der Waals surface area contributed by atoms with Crippen LogP contribution in [-0.2, 0) is 6.54 Å². The van der Waals surface area contributed by atoms with Crippen molar-refractivity contribution >= 4 is 0 Å². The summed E-state index contributed by atoms with van der Waals surface area (Å²) in [4.78, 5) is 2.40. The van der Waals surface area contributed by atoms with Gasteiger partial charge < -0.3 is 10.2 Å². The second-order valence-corrected chi connectivity index (χ2v) is 6.09. The second kappa shape index (κ2) is 6.88. The Hall–Kier alpha value is -1.37. The summed E-state index contributed by atoms with van der Waals surface area (Å²) in [6.45, 7) is 1.92. The van der Waals surface area contributed by atoms with Gasteiger partial charge in [0.05, 0.1) is 11.6 Å². The van der Waals surface area contributed by atoms with Crippen molar-refractivity contribution in [3.05, 3.63) is 35.4 Å². The van der Waals surface area contributed by atoms with E-state index in [1.54, 1.807) is 0 Å². The van der Waals surface area contributed by atoms with Crippen molar-refractivity contribution in [2.75, 3.05) is 20.6 Å². The molecule has 2 rings (SSSR count). The van der Waals surface area contributed by atoms with Crippen LogP contribution in [0.15, 0.2) is 24.3 Å². The Bertz CT molecular complexity index is 450. The van der Waals surface area contributed by atoms with Crippen LogP contribution in [0, 0.1) is 11.3 Å². The molecule has 0 heterocycles. The lowest BCUT2D eigenvalue weighted by atomic mass is 9.80. The molecule has 108 valence electrons. The molecule has 0 saturated heterocycles. The van der Waals surface area contributed by atoms with E-state index < -0.39 is 0 Å². The van der Waals surface area contributed by atoms with Crippen molar-refractivity contribution in [2.45, 2.75) is 44.2 Å². The molecule has 3 nitrogen and oxygen atoms in total. The Balaban J connectivity index is 1.88. The number of rotatable bonds is 5. The maximum Gasteiger partial charge on any atom is 0.0991 e. The molecule has 1 fully saturated rings. The van der Waals surface area contributed by atoms with E-state index in [2.05, 4.69) is 30.4 Å². The fourth-order valence-electron chi connectivity index (χ4n) is 3.13. The van der Waals surface area contributed by atoms with Crippen molar-refractivity contribution < 1.29 is 0 Å². The van der Waals surface area contributed by atoms with Crippen LogP contribution in [0.25, 0.3) is 0 Å². The Labute approximate surface area is 122 Å².